The van der Waals surface area contributed by atoms with E-state index in [1.54, 1.807) is 0 Å². The summed E-state index contributed by atoms with van der Waals surface area (Å²) in [5.74, 6) is 6.10. The van der Waals surface area contributed by atoms with E-state index in [1.807, 2.05) is 0 Å². The van der Waals surface area contributed by atoms with Crippen LogP contribution in [0.15, 0.2) is 11.1 Å². The molecule has 2 heteroatoms. The van der Waals surface area contributed by atoms with Crippen molar-refractivity contribution >= 4 is 5.97 Å². The maximum atomic E-state index is 11.5. The zero-order chi connectivity index (χ0) is 11.8. The quantitative estimate of drug-likeness (QED) is 0.414. The smallest absolute Gasteiger partial charge is 0.334 e. The van der Waals surface area contributed by atoms with Crippen molar-refractivity contribution in [3.63, 3.8) is 0 Å². The molecule has 0 aromatic heterocycles. The molecule has 0 aromatic carbocycles. The van der Waals surface area contributed by atoms with Gasteiger partial charge in [-0.3, -0.25) is 0 Å². The normalized spacial score (nSPS) is 15.4. The number of hydrogen-bond donors (Lipinski definition) is 0. The summed E-state index contributed by atoms with van der Waals surface area (Å²) in [6.07, 6.45) is 7.19. The van der Waals surface area contributed by atoms with Gasteiger partial charge < -0.3 is 4.74 Å². The van der Waals surface area contributed by atoms with Crippen LogP contribution in [0.25, 0.3) is 0 Å². The summed E-state index contributed by atoms with van der Waals surface area (Å²) < 4.78 is 4.78. The van der Waals surface area contributed by atoms with Crippen LogP contribution in [-0.2, 0) is 9.53 Å². The maximum absolute atomic E-state index is 11.5. The number of hydrogen-bond acceptors (Lipinski definition) is 2. The lowest BCUT2D eigenvalue weighted by Gasteiger charge is -2.14. The Labute approximate surface area is 98.1 Å². The van der Waals surface area contributed by atoms with Gasteiger partial charge in [-0.2, -0.15) is 0 Å². The Morgan fingerprint density at radius 1 is 1.38 bits per heavy atom. The molecule has 16 heavy (non-hydrogen) atoms. The molecule has 0 amide bonds. The van der Waals surface area contributed by atoms with Gasteiger partial charge in [-0.25, -0.2) is 4.79 Å². The predicted octanol–water partition coefficient (Wildman–Crippen LogP) is 3.22. The summed E-state index contributed by atoms with van der Waals surface area (Å²) >= 11 is 0. The minimum Gasteiger partial charge on any atom is -0.466 e. The van der Waals surface area contributed by atoms with E-state index in [-0.39, 0.29) is 5.97 Å². The first-order valence-electron chi connectivity index (χ1n) is 6.08. The summed E-state index contributed by atoms with van der Waals surface area (Å²) in [6.45, 7) is 2.15. The van der Waals surface area contributed by atoms with E-state index >= 15 is 0 Å². The molecular weight excluding hydrogens is 200 g/mol. The highest BCUT2D eigenvalue weighted by molar-refractivity contribution is 5.90. The molecule has 0 spiro atoms. The Morgan fingerprint density at radius 2 is 2.12 bits per heavy atom. The fourth-order valence-corrected chi connectivity index (χ4v) is 1.83. The third-order valence-corrected chi connectivity index (χ3v) is 2.79. The zero-order valence-corrected chi connectivity index (χ0v) is 10.3. The van der Waals surface area contributed by atoms with Crippen molar-refractivity contribution < 1.29 is 9.53 Å². The van der Waals surface area contributed by atoms with Gasteiger partial charge in [0.2, 0.25) is 0 Å². The van der Waals surface area contributed by atoms with E-state index < -0.39 is 0 Å². The number of esters is 1. The van der Waals surface area contributed by atoms with E-state index in [2.05, 4.69) is 18.8 Å². The van der Waals surface area contributed by atoms with E-state index in [0.717, 1.165) is 56.1 Å². The largest absolute Gasteiger partial charge is 0.466 e. The molecule has 0 radical (unpaired) electrons. The minimum atomic E-state index is -0.195. The second-order valence-corrected chi connectivity index (χ2v) is 4.06. The van der Waals surface area contributed by atoms with E-state index in [9.17, 15) is 4.79 Å². The summed E-state index contributed by atoms with van der Waals surface area (Å²) in [5.41, 5.74) is 1.81. The Bertz CT molecular complexity index is 328. The van der Waals surface area contributed by atoms with Crippen LogP contribution in [0.2, 0.25) is 0 Å². The number of carbonyl (C=O) groups is 1. The minimum absolute atomic E-state index is 0.195. The van der Waals surface area contributed by atoms with Crippen LogP contribution in [0.4, 0.5) is 0 Å². The molecule has 0 aliphatic heterocycles. The van der Waals surface area contributed by atoms with Crippen LogP contribution in [0.3, 0.4) is 0 Å². The lowest BCUT2D eigenvalue weighted by Crippen LogP contribution is -2.10. The molecule has 0 unspecified atom stereocenters. The highest BCUT2D eigenvalue weighted by atomic mass is 16.5. The fourth-order valence-electron chi connectivity index (χ4n) is 1.83. The molecule has 1 aliphatic carbocycles. The number of unbranched alkanes of at least 4 members (excludes halogenated alkanes) is 2. The fraction of sp³-hybridized carbons (Fsp3) is 0.643. The number of ether oxygens (including phenoxy) is 1. The second-order valence-electron chi connectivity index (χ2n) is 4.06. The van der Waals surface area contributed by atoms with Crippen molar-refractivity contribution in [1.82, 2.24) is 0 Å². The molecular formula is C14H20O2. The first kappa shape index (κ1) is 12.8. The molecule has 0 bridgehead atoms. The number of rotatable bonds is 3. The molecule has 0 fully saturated rings. The predicted molar refractivity (Wildman–Crippen MR) is 64.8 cm³/mol. The Balaban J connectivity index is 2.73. The first-order valence-corrected chi connectivity index (χ1v) is 6.08. The lowest BCUT2D eigenvalue weighted by atomic mass is 9.92. The zero-order valence-electron chi connectivity index (χ0n) is 10.3. The van der Waals surface area contributed by atoms with Gasteiger partial charge in [-0.1, -0.05) is 25.2 Å². The van der Waals surface area contributed by atoms with Crippen LogP contribution in [-0.4, -0.2) is 13.1 Å². The van der Waals surface area contributed by atoms with Crippen molar-refractivity contribution in [3.8, 4) is 11.8 Å². The van der Waals surface area contributed by atoms with Gasteiger partial charge in [0.05, 0.1) is 7.11 Å². The average Bonchev–Trinajstić information content (AvgIpc) is 2.34. The second kappa shape index (κ2) is 7.11. The number of carbonyl (C=O) groups excluding carboxylic acids is 1. The van der Waals surface area contributed by atoms with Gasteiger partial charge in [0.25, 0.3) is 0 Å². The first-order chi connectivity index (χ1) is 7.79. The number of methoxy groups -OCH3 is 1. The van der Waals surface area contributed by atoms with Gasteiger partial charge in [-0.05, 0) is 32.1 Å². The van der Waals surface area contributed by atoms with Crippen molar-refractivity contribution in [3.05, 3.63) is 11.1 Å². The van der Waals surface area contributed by atoms with E-state index in [1.165, 1.54) is 7.11 Å². The summed E-state index contributed by atoms with van der Waals surface area (Å²) in [7, 11) is 1.44. The molecule has 0 saturated carbocycles. The Kier molecular flexibility index (Phi) is 5.71. The maximum Gasteiger partial charge on any atom is 0.334 e. The highest BCUT2D eigenvalue weighted by Crippen LogP contribution is 2.25. The molecule has 0 N–H and O–H groups in total. The van der Waals surface area contributed by atoms with Crippen LogP contribution in [0, 0.1) is 11.8 Å². The molecule has 1 aliphatic rings. The van der Waals surface area contributed by atoms with Gasteiger partial charge in [-0.15, -0.1) is 0 Å². The number of allylic oxidation sites excluding steroid dienone is 1. The SMILES string of the molecule is CCCCC#CC1=C(C(=O)OC)CCCC1. The van der Waals surface area contributed by atoms with Gasteiger partial charge in [0.1, 0.15) is 0 Å². The summed E-state index contributed by atoms with van der Waals surface area (Å²) in [5, 5.41) is 0. The topological polar surface area (TPSA) is 26.3 Å². The summed E-state index contributed by atoms with van der Waals surface area (Å²) in [6, 6.07) is 0. The molecule has 0 atom stereocenters. The van der Waals surface area contributed by atoms with E-state index in [4.69, 9.17) is 4.74 Å². The lowest BCUT2D eigenvalue weighted by molar-refractivity contribution is -0.136. The van der Waals surface area contributed by atoms with Crippen molar-refractivity contribution in [1.29, 1.82) is 0 Å². The molecule has 0 saturated heterocycles. The van der Waals surface area contributed by atoms with Crippen molar-refractivity contribution in [2.45, 2.75) is 51.9 Å². The van der Waals surface area contributed by atoms with Crippen LogP contribution < -0.4 is 0 Å². The van der Waals surface area contributed by atoms with Crippen LogP contribution >= 0.6 is 0 Å². The third-order valence-electron chi connectivity index (χ3n) is 2.79. The average molecular weight is 220 g/mol. The van der Waals surface area contributed by atoms with Crippen LogP contribution in [0.1, 0.15) is 51.9 Å². The van der Waals surface area contributed by atoms with Gasteiger partial charge in [0.15, 0.2) is 0 Å². The standard InChI is InChI=1S/C14H20O2/c1-3-4-5-6-9-12-10-7-8-11-13(12)14(15)16-2/h3-5,7-8,10-11H2,1-2H3. The van der Waals surface area contributed by atoms with E-state index in [0.29, 0.717) is 0 Å². The molecule has 1 rings (SSSR count). The van der Waals surface area contributed by atoms with Gasteiger partial charge >= 0.3 is 5.97 Å². The summed E-state index contributed by atoms with van der Waals surface area (Å²) in [4.78, 5) is 11.5. The monoisotopic (exact) mass is 220 g/mol. The molecule has 2 nitrogen and oxygen atoms in total. The highest BCUT2D eigenvalue weighted by Gasteiger charge is 2.18. The Hall–Kier alpha value is -1.23. The Morgan fingerprint density at radius 3 is 2.81 bits per heavy atom. The van der Waals surface area contributed by atoms with Crippen molar-refractivity contribution in [2.24, 2.45) is 0 Å². The third kappa shape index (κ3) is 3.73. The van der Waals surface area contributed by atoms with Crippen LogP contribution in [0.5, 0.6) is 0 Å². The molecule has 0 aromatic rings. The van der Waals surface area contributed by atoms with Crippen molar-refractivity contribution in [2.75, 3.05) is 7.11 Å². The molecule has 88 valence electrons. The molecule has 0 heterocycles. The van der Waals surface area contributed by atoms with Gasteiger partial charge in [0, 0.05) is 17.6 Å².